The Morgan fingerprint density at radius 1 is 0.250 bits per heavy atom. The van der Waals surface area contributed by atoms with E-state index in [-0.39, 0.29) is 7.43 Å². The van der Waals surface area contributed by atoms with Gasteiger partial charge in [-0.3, -0.25) is 0 Å². The second-order valence-corrected chi connectivity index (χ2v) is 14.0. The molecule has 3 heteroatoms. The molecule has 56 heavy (non-hydrogen) atoms. The predicted octanol–water partition coefficient (Wildman–Crippen LogP) is 13.7. The average Bonchev–Trinajstić information content (AvgIpc) is 3.67. The SMILES string of the molecule is C.c1ccc(-c2cccc(-c3ccc(-c4cccc5c4Cc4c(-c6nc(-c7ccccc7)nc(-c7cccc(-c8ccccc8)c7)n6)cccc4-5)cc3)c2)cc1. The normalized spacial score (nSPS) is 11.4. The predicted molar refractivity (Wildman–Crippen MR) is 233 cm³/mol. The Kier molecular flexibility index (Phi) is 9.18. The lowest BCUT2D eigenvalue weighted by Crippen LogP contribution is -2.02. The van der Waals surface area contributed by atoms with E-state index in [1.807, 2.05) is 24.3 Å². The zero-order chi connectivity index (χ0) is 36.6. The van der Waals surface area contributed by atoms with E-state index in [1.54, 1.807) is 0 Å². The van der Waals surface area contributed by atoms with Crippen molar-refractivity contribution in [2.75, 3.05) is 0 Å². The molecule has 1 aliphatic carbocycles. The Balaban J connectivity index is 0.00000410. The second-order valence-electron chi connectivity index (χ2n) is 14.0. The molecule has 0 aliphatic heterocycles. The minimum absolute atomic E-state index is 0. The van der Waals surface area contributed by atoms with Crippen molar-refractivity contribution in [3.63, 3.8) is 0 Å². The summed E-state index contributed by atoms with van der Waals surface area (Å²) in [7, 11) is 0. The number of rotatable bonds is 7. The number of benzene rings is 8. The fraction of sp³-hybridized carbons (Fsp3) is 0.0377. The van der Waals surface area contributed by atoms with E-state index < -0.39 is 0 Å². The van der Waals surface area contributed by atoms with Crippen LogP contribution in [0.2, 0.25) is 0 Å². The van der Waals surface area contributed by atoms with Gasteiger partial charge >= 0.3 is 0 Å². The fourth-order valence-electron chi connectivity index (χ4n) is 7.88. The Bertz CT molecular complexity index is 2810. The molecule has 1 aromatic heterocycles. The summed E-state index contributed by atoms with van der Waals surface area (Å²) >= 11 is 0. The van der Waals surface area contributed by atoms with Crippen molar-refractivity contribution in [1.82, 2.24) is 15.0 Å². The summed E-state index contributed by atoms with van der Waals surface area (Å²) in [4.78, 5) is 15.4. The minimum atomic E-state index is 0. The molecule has 1 aliphatic rings. The van der Waals surface area contributed by atoms with Crippen LogP contribution in [0.15, 0.2) is 200 Å². The lowest BCUT2D eigenvalue weighted by molar-refractivity contribution is 1.07. The molecular weight excluding hydrogens is 679 g/mol. The van der Waals surface area contributed by atoms with Gasteiger partial charge in [-0.15, -0.1) is 0 Å². The van der Waals surface area contributed by atoms with E-state index in [9.17, 15) is 0 Å². The fourth-order valence-corrected chi connectivity index (χ4v) is 7.88. The van der Waals surface area contributed by atoms with Gasteiger partial charge < -0.3 is 0 Å². The lowest BCUT2D eigenvalue weighted by atomic mass is 9.93. The summed E-state index contributed by atoms with van der Waals surface area (Å²) < 4.78 is 0. The molecule has 3 nitrogen and oxygen atoms in total. The van der Waals surface area contributed by atoms with Crippen molar-refractivity contribution >= 4 is 0 Å². The van der Waals surface area contributed by atoms with E-state index in [4.69, 9.17) is 15.0 Å². The molecule has 0 saturated heterocycles. The summed E-state index contributed by atoms with van der Waals surface area (Å²) in [5.74, 6) is 2.00. The number of hydrogen-bond donors (Lipinski definition) is 0. The molecule has 266 valence electrons. The van der Waals surface area contributed by atoms with Crippen molar-refractivity contribution in [3.05, 3.63) is 211 Å². The highest BCUT2D eigenvalue weighted by atomic mass is 15.0. The van der Waals surface area contributed by atoms with Crippen LogP contribution in [0.1, 0.15) is 18.6 Å². The molecule has 8 aromatic carbocycles. The van der Waals surface area contributed by atoms with Crippen molar-refractivity contribution in [1.29, 1.82) is 0 Å². The summed E-state index contributed by atoms with van der Waals surface area (Å²) in [6.45, 7) is 0. The molecule has 9 aromatic rings. The smallest absolute Gasteiger partial charge is 0.164 e. The van der Waals surface area contributed by atoms with Crippen LogP contribution < -0.4 is 0 Å². The molecule has 0 radical (unpaired) electrons. The lowest BCUT2D eigenvalue weighted by Gasteiger charge is -2.12. The highest BCUT2D eigenvalue weighted by Crippen LogP contribution is 2.45. The van der Waals surface area contributed by atoms with Gasteiger partial charge in [0.05, 0.1) is 0 Å². The van der Waals surface area contributed by atoms with Crippen LogP contribution in [0.5, 0.6) is 0 Å². The highest BCUT2D eigenvalue weighted by Gasteiger charge is 2.26. The van der Waals surface area contributed by atoms with Crippen LogP contribution >= 0.6 is 0 Å². The zero-order valence-electron chi connectivity index (χ0n) is 30.1. The third kappa shape index (κ3) is 6.50. The molecule has 0 fully saturated rings. The van der Waals surface area contributed by atoms with Crippen molar-refractivity contribution in [2.24, 2.45) is 0 Å². The quantitative estimate of drug-likeness (QED) is 0.165. The maximum Gasteiger partial charge on any atom is 0.164 e. The van der Waals surface area contributed by atoms with E-state index in [0.29, 0.717) is 17.5 Å². The Hall–Kier alpha value is -7.23. The van der Waals surface area contributed by atoms with Crippen LogP contribution in [0, 0.1) is 0 Å². The van der Waals surface area contributed by atoms with Crippen molar-refractivity contribution in [3.8, 4) is 89.8 Å². The highest BCUT2D eigenvalue weighted by molar-refractivity contribution is 5.89. The van der Waals surface area contributed by atoms with E-state index >= 15 is 0 Å². The zero-order valence-corrected chi connectivity index (χ0v) is 30.1. The van der Waals surface area contributed by atoms with Gasteiger partial charge in [-0.05, 0) is 78.9 Å². The molecule has 1 heterocycles. The third-order valence-electron chi connectivity index (χ3n) is 10.6. The van der Waals surface area contributed by atoms with Gasteiger partial charge in [0.25, 0.3) is 0 Å². The number of fused-ring (bicyclic) bond motifs is 3. The summed E-state index contributed by atoms with van der Waals surface area (Å²) in [5, 5.41) is 0. The van der Waals surface area contributed by atoms with Crippen molar-refractivity contribution < 1.29 is 0 Å². The number of nitrogens with zero attached hydrogens (tertiary/aromatic N) is 3. The number of aromatic nitrogens is 3. The summed E-state index contributed by atoms with van der Waals surface area (Å²) in [5.41, 5.74) is 17.6. The van der Waals surface area contributed by atoms with Gasteiger partial charge in [0.15, 0.2) is 17.5 Å². The van der Waals surface area contributed by atoms with Gasteiger partial charge in [0.1, 0.15) is 0 Å². The van der Waals surface area contributed by atoms with Gasteiger partial charge in [-0.2, -0.15) is 0 Å². The third-order valence-corrected chi connectivity index (χ3v) is 10.6. The Labute approximate surface area is 328 Å². The molecule has 10 rings (SSSR count). The standard InChI is InChI=1S/C52H35N3.CH4/c1-4-14-35(15-5-1)40-20-10-21-41(32-40)37-28-30-38(31-29-37)44-24-12-25-45-46-26-13-27-47(49(46)34-48(44)45)52-54-50(39-18-8-3-9-19-39)53-51(55-52)43-23-11-22-42(33-43)36-16-6-2-7-17-36;/h1-33H,34H2;1H4. The van der Waals surface area contributed by atoms with E-state index in [2.05, 4.69) is 176 Å². The first-order valence-electron chi connectivity index (χ1n) is 18.7. The first-order valence-corrected chi connectivity index (χ1v) is 18.7. The maximum atomic E-state index is 5.20. The molecular formula is C53H39N3. The maximum absolute atomic E-state index is 5.20. The molecule has 0 unspecified atom stereocenters. The topological polar surface area (TPSA) is 38.7 Å². The van der Waals surface area contributed by atoms with Gasteiger partial charge in [-0.25, -0.2) is 15.0 Å². The van der Waals surface area contributed by atoms with Crippen LogP contribution in [-0.4, -0.2) is 15.0 Å². The van der Waals surface area contributed by atoms with E-state index in [0.717, 1.165) is 34.2 Å². The van der Waals surface area contributed by atoms with Gasteiger partial charge in [-0.1, -0.05) is 195 Å². The number of hydrogen-bond acceptors (Lipinski definition) is 3. The van der Waals surface area contributed by atoms with Crippen LogP contribution in [0.25, 0.3) is 89.8 Å². The van der Waals surface area contributed by atoms with Crippen molar-refractivity contribution in [2.45, 2.75) is 13.8 Å². The Morgan fingerprint density at radius 2 is 0.607 bits per heavy atom. The average molecular weight is 718 g/mol. The molecule has 0 saturated carbocycles. The summed E-state index contributed by atoms with van der Waals surface area (Å²) in [6, 6.07) is 70.7. The monoisotopic (exact) mass is 717 g/mol. The van der Waals surface area contributed by atoms with Crippen LogP contribution in [0.4, 0.5) is 0 Å². The largest absolute Gasteiger partial charge is 0.208 e. The molecule has 0 spiro atoms. The van der Waals surface area contributed by atoms with Gasteiger partial charge in [0, 0.05) is 23.1 Å². The van der Waals surface area contributed by atoms with E-state index in [1.165, 1.54) is 55.6 Å². The second kappa shape index (κ2) is 14.9. The first-order chi connectivity index (χ1) is 27.2. The first kappa shape index (κ1) is 34.5. The molecule has 0 bridgehead atoms. The minimum Gasteiger partial charge on any atom is -0.208 e. The van der Waals surface area contributed by atoms with Gasteiger partial charge in [0.2, 0.25) is 0 Å². The van der Waals surface area contributed by atoms with Crippen LogP contribution in [-0.2, 0) is 6.42 Å². The molecule has 0 atom stereocenters. The molecule has 0 amide bonds. The molecule has 0 N–H and O–H groups in total. The van der Waals surface area contributed by atoms with Crippen LogP contribution in [0.3, 0.4) is 0 Å². The Morgan fingerprint density at radius 3 is 1.18 bits per heavy atom. The summed E-state index contributed by atoms with van der Waals surface area (Å²) in [6.07, 6.45) is 0.795.